The molecule has 5 nitrogen and oxygen atoms in total. The molecule has 1 saturated heterocycles. The molecular weight excluding hydrogens is 442 g/mol. The number of amides is 1. The first-order chi connectivity index (χ1) is 14.2. The number of carbonyl (C=O) groups excluding carboxylic acids is 1. The van der Waals surface area contributed by atoms with E-state index < -0.39 is 5.97 Å². The maximum Gasteiger partial charge on any atom is 0.335 e. The second-order valence-electron chi connectivity index (χ2n) is 7.17. The second-order valence-corrected chi connectivity index (χ2v) is 9.25. The van der Waals surface area contributed by atoms with Crippen molar-refractivity contribution in [1.82, 2.24) is 4.90 Å². The van der Waals surface area contributed by atoms with Crippen LogP contribution in [0.2, 0.25) is 5.02 Å². The normalized spacial score (nSPS) is 15.3. The summed E-state index contributed by atoms with van der Waals surface area (Å²) in [4.78, 5) is 25.7. The molecule has 1 aliphatic heterocycles. The molecular formula is C22H20ClNO4S2. The fourth-order valence-corrected chi connectivity index (χ4v) is 4.32. The molecule has 1 heterocycles. The number of rotatable bonds is 7. The molecule has 30 heavy (non-hydrogen) atoms. The number of benzene rings is 2. The minimum absolute atomic E-state index is 0.0834. The van der Waals surface area contributed by atoms with Gasteiger partial charge in [-0.2, -0.15) is 0 Å². The van der Waals surface area contributed by atoms with Gasteiger partial charge in [0.2, 0.25) is 0 Å². The fraction of sp³-hybridized carbons (Fsp3) is 0.227. The zero-order valence-electron chi connectivity index (χ0n) is 16.4. The fourth-order valence-electron chi connectivity index (χ4n) is 2.80. The van der Waals surface area contributed by atoms with Gasteiger partial charge >= 0.3 is 5.97 Å². The molecule has 8 heteroatoms. The Morgan fingerprint density at radius 1 is 1.27 bits per heavy atom. The molecule has 1 amide bonds. The van der Waals surface area contributed by atoms with Crippen LogP contribution in [0.25, 0.3) is 6.08 Å². The average molecular weight is 462 g/mol. The lowest BCUT2D eigenvalue weighted by atomic mass is 10.1. The molecule has 0 aliphatic carbocycles. The van der Waals surface area contributed by atoms with Crippen LogP contribution in [0.3, 0.4) is 0 Å². The molecule has 0 aromatic heterocycles. The number of aromatic carboxylic acids is 1. The van der Waals surface area contributed by atoms with Crippen molar-refractivity contribution in [2.75, 3.05) is 6.54 Å². The SMILES string of the molecule is CC(C)CN1C(=O)/C(=C/c2ccc(OCc3ccc(C(=O)O)cc3)c(Cl)c2)SC1=S. The number of carboxylic acids is 1. The van der Waals surface area contributed by atoms with Crippen LogP contribution >= 0.6 is 35.6 Å². The number of ether oxygens (including phenoxy) is 1. The topological polar surface area (TPSA) is 66.8 Å². The summed E-state index contributed by atoms with van der Waals surface area (Å²) in [6.07, 6.45) is 1.78. The van der Waals surface area contributed by atoms with Crippen molar-refractivity contribution >= 4 is 57.9 Å². The van der Waals surface area contributed by atoms with Crippen molar-refractivity contribution in [3.8, 4) is 5.75 Å². The number of carboxylic acid groups (broad SMARTS) is 1. The summed E-state index contributed by atoms with van der Waals surface area (Å²) in [5.41, 5.74) is 1.83. The second kappa shape index (κ2) is 9.64. The third-order valence-electron chi connectivity index (χ3n) is 4.27. The molecule has 1 N–H and O–H groups in total. The van der Waals surface area contributed by atoms with E-state index in [1.165, 1.54) is 23.9 Å². The Labute approximate surface area is 189 Å². The average Bonchev–Trinajstić information content (AvgIpc) is 2.94. The quantitative estimate of drug-likeness (QED) is 0.435. The molecule has 1 aliphatic rings. The molecule has 0 radical (unpaired) electrons. The van der Waals surface area contributed by atoms with Crippen molar-refractivity contribution < 1.29 is 19.4 Å². The number of hydrogen-bond acceptors (Lipinski definition) is 5. The van der Waals surface area contributed by atoms with Crippen molar-refractivity contribution in [1.29, 1.82) is 0 Å². The Morgan fingerprint density at radius 3 is 2.57 bits per heavy atom. The number of halogens is 1. The Morgan fingerprint density at radius 2 is 1.97 bits per heavy atom. The van der Waals surface area contributed by atoms with E-state index in [4.69, 9.17) is 33.7 Å². The van der Waals surface area contributed by atoms with Crippen LogP contribution in [0.1, 0.15) is 35.3 Å². The zero-order chi connectivity index (χ0) is 21.8. The van der Waals surface area contributed by atoms with Gasteiger partial charge in [-0.25, -0.2) is 4.79 Å². The number of carbonyl (C=O) groups is 2. The van der Waals surface area contributed by atoms with Gasteiger partial charge in [0.15, 0.2) is 0 Å². The van der Waals surface area contributed by atoms with E-state index in [1.807, 2.05) is 19.9 Å². The van der Waals surface area contributed by atoms with E-state index in [2.05, 4.69) is 0 Å². The Balaban J connectivity index is 1.68. The standard InChI is InChI=1S/C22H20ClNO4S2/c1-13(2)11-24-20(25)19(30-22(24)29)10-15-5-8-18(17(23)9-15)28-12-14-3-6-16(7-4-14)21(26)27/h3-10,13H,11-12H2,1-2H3,(H,26,27)/b19-10-. The van der Waals surface area contributed by atoms with Gasteiger partial charge in [0, 0.05) is 6.54 Å². The summed E-state index contributed by atoms with van der Waals surface area (Å²) in [6.45, 7) is 4.94. The van der Waals surface area contributed by atoms with Crippen molar-refractivity contribution in [3.05, 3.63) is 69.1 Å². The number of hydrogen-bond donors (Lipinski definition) is 1. The van der Waals surface area contributed by atoms with Crippen molar-refractivity contribution in [2.24, 2.45) is 5.92 Å². The Bertz CT molecular complexity index is 1020. The van der Waals surface area contributed by atoms with E-state index in [0.717, 1.165) is 11.1 Å². The van der Waals surface area contributed by atoms with Crippen molar-refractivity contribution in [2.45, 2.75) is 20.5 Å². The zero-order valence-corrected chi connectivity index (χ0v) is 18.8. The Kier molecular flexibility index (Phi) is 7.18. The Hall–Kier alpha value is -2.35. The molecule has 0 atom stereocenters. The molecule has 0 spiro atoms. The highest BCUT2D eigenvalue weighted by atomic mass is 35.5. The number of thiocarbonyl (C=S) groups is 1. The van der Waals surface area contributed by atoms with Gasteiger partial charge in [-0.1, -0.05) is 67.6 Å². The summed E-state index contributed by atoms with van der Waals surface area (Å²) in [5, 5.41) is 9.37. The highest BCUT2D eigenvalue weighted by Crippen LogP contribution is 2.34. The first-order valence-corrected chi connectivity index (χ1v) is 10.8. The van der Waals surface area contributed by atoms with Gasteiger partial charge in [-0.3, -0.25) is 9.69 Å². The number of nitrogens with zero attached hydrogens (tertiary/aromatic N) is 1. The van der Waals surface area contributed by atoms with Crippen LogP contribution in [-0.4, -0.2) is 32.7 Å². The summed E-state index contributed by atoms with van der Waals surface area (Å²) in [5.74, 6) is -0.219. The van der Waals surface area contributed by atoms with Crippen LogP contribution in [0.4, 0.5) is 0 Å². The van der Waals surface area contributed by atoms with E-state index in [-0.39, 0.29) is 18.1 Å². The van der Waals surface area contributed by atoms with E-state index in [0.29, 0.717) is 32.5 Å². The maximum absolute atomic E-state index is 12.6. The van der Waals surface area contributed by atoms with E-state index in [9.17, 15) is 9.59 Å². The molecule has 0 saturated carbocycles. The molecule has 2 aromatic carbocycles. The molecule has 2 aromatic rings. The van der Waals surface area contributed by atoms with Crippen LogP contribution in [0, 0.1) is 5.92 Å². The lowest BCUT2D eigenvalue weighted by Gasteiger charge is -2.16. The van der Waals surface area contributed by atoms with Crippen LogP contribution in [0.15, 0.2) is 47.4 Å². The van der Waals surface area contributed by atoms with Crippen LogP contribution < -0.4 is 4.74 Å². The van der Waals surface area contributed by atoms with Gasteiger partial charge in [0.1, 0.15) is 16.7 Å². The van der Waals surface area contributed by atoms with E-state index >= 15 is 0 Å². The monoisotopic (exact) mass is 461 g/mol. The van der Waals surface area contributed by atoms with Gasteiger partial charge in [-0.05, 0) is 47.4 Å². The smallest absolute Gasteiger partial charge is 0.335 e. The van der Waals surface area contributed by atoms with Crippen LogP contribution in [-0.2, 0) is 11.4 Å². The minimum atomic E-state index is -0.970. The summed E-state index contributed by atoms with van der Waals surface area (Å²) < 4.78 is 6.32. The number of thioether (sulfide) groups is 1. The molecule has 3 rings (SSSR count). The first kappa shape index (κ1) is 22.3. The van der Waals surface area contributed by atoms with Gasteiger partial charge < -0.3 is 9.84 Å². The lowest BCUT2D eigenvalue weighted by molar-refractivity contribution is -0.122. The molecule has 0 unspecified atom stereocenters. The lowest BCUT2D eigenvalue weighted by Crippen LogP contribution is -2.31. The molecule has 1 fully saturated rings. The predicted octanol–water partition coefficient (Wildman–Crippen LogP) is 5.47. The van der Waals surface area contributed by atoms with Gasteiger partial charge in [0.05, 0.1) is 15.5 Å². The third kappa shape index (κ3) is 5.41. The maximum atomic E-state index is 12.6. The van der Waals surface area contributed by atoms with Gasteiger partial charge in [0.25, 0.3) is 5.91 Å². The van der Waals surface area contributed by atoms with Crippen molar-refractivity contribution in [3.63, 3.8) is 0 Å². The summed E-state index contributed by atoms with van der Waals surface area (Å²) >= 11 is 13.0. The van der Waals surface area contributed by atoms with Crippen LogP contribution in [0.5, 0.6) is 5.75 Å². The minimum Gasteiger partial charge on any atom is -0.487 e. The highest BCUT2D eigenvalue weighted by molar-refractivity contribution is 8.26. The summed E-state index contributed by atoms with van der Waals surface area (Å²) in [6, 6.07) is 11.8. The first-order valence-electron chi connectivity index (χ1n) is 9.24. The largest absolute Gasteiger partial charge is 0.487 e. The van der Waals surface area contributed by atoms with Gasteiger partial charge in [-0.15, -0.1) is 0 Å². The highest BCUT2D eigenvalue weighted by Gasteiger charge is 2.32. The predicted molar refractivity (Wildman–Crippen MR) is 124 cm³/mol. The molecule has 156 valence electrons. The van der Waals surface area contributed by atoms with E-state index in [1.54, 1.807) is 35.2 Å². The summed E-state index contributed by atoms with van der Waals surface area (Å²) in [7, 11) is 0. The molecule has 0 bridgehead atoms. The third-order valence-corrected chi connectivity index (χ3v) is 5.94.